The van der Waals surface area contributed by atoms with Gasteiger partial charge in [0.25, 0.3) is 0 Å². The fraction of sp³-hybridized carbons (Fsp3) is 0.0333. The molecular formula is C30H21N3OS. The maximum Gasteiger partial charge on any atom is 0.142 e. The van der Waals surface area contributed by atoms with Crippen LogP contribution in [0.25, 0.3) is 43.0 Å². The summed E-state index contributed by atoms with van der Waals surface area (Å²) in [6.07, 6.45) is 0. The van der Waals surface area contributed by atoms with Crippen LogP contribution in [-0.2, 0) is 0 Å². The van der Waals surface area contributed by atoms with E-state index in [9.17, 15) is 5.11 Å². The van der Waals surface area contributed by atoms with Crippen LogP contribution in [0.1, 0.15) is 10.6 Å². The van der Waals surface area contributed by atoms with Gasteiger partial charge < -0.3 is 5.11 Å². The SMILES string of the molecule is Oc1ccccc1N1CC(c2c3ccccc3cc3ccccc23)=C(c2nc3ccccc3s2)N1. The smallest absolute Gasteiger partial charge is 0.142 e. The summed E-state index contributed by atoms with van der Waals surface area (Å²) >= 11 is 1.68. The van der Waals surface area contributed by atoms with Crippen molar-refractivity contribution in [1.29, 1.82) is 0 Å². The van der Waals surface area contributed by atoms with E-state index in [1.807, 2.05) is 35.3 Å². The van der Waals surface area contributed by atoms with Crippen molar-refractivity contribution in [3.05, 3.63) is 114 Å². The lowest BCUT2D eigenvalue weighted by Gasteiger charge is -2.21. The molecule has 168 valence electrons. The number of nitrogens with zero attached hydrogens (tertiary/aromatic N) is 2. The van der Waals surface area contributed by atoms with Crippen LogP contribution in [-0.4, -0.2) is 16.6 Å². The molecule has 5 aromatic carbocycles. The first kappa shape index (κ1) is 20.1. The lowest BCUT2D eigenvalue weighted by molar-refractivity contribution is 0.474. The number of rotatable bonds is 3. The number of phenolic OH excluding ortho intramolecular Hbond substituents is 1. The van der Waals surface area contributed by atoms with Gasteiger partial charge in [0.2, 0.25) is 0 Å². The molecule has 0 bridgehead atoms. The Bertz CT molecular complexity index is 1700. The number of hydrogen-bond donors (Lipinski definition) is 2. The lowest BCUT2D eigenvalue weighted by atomic mass is 9.91. The summed E-state index contributed by atoms with van der Waals surface area (Å²) in [6.45, 7) is 0.598. The van der Waals surface area contributed by atoms with E-state index in [0.29, 0.717) is 6.54 Å². The van der Waals surface area contributed by atoms with Gasteiger partial charge in [-0.25, -0.2) is 4.98 Å². The molecule has 2 heterocycles. The third-order valence-electron chi connectivity index (χ3n) is 6.62. The lowest BCUT2D eigenvalue weighted by Crippen LogP contribution is -2.31. The Kier molecular flexibility index (Phi) is 4.50. The molecule has 4 nitrogen and oxygen atoms in total. The number of hydrazine groups is 1. The standard InChI is InChI=1S/C30H21N3OS/c34-26-15-7-6-14-25(26)33-18-23(29(32-33)30-31-24-13-5-8-16-27(24)35-30)28-21-11-3-1-9-19(21)17-20-10-2-4-12-22(20)28/h1-17,32,34H,18H2. The molecule has 5 heteroatoms. The Morgan fingerprint density at radius 1 is 0.771 bits per heavy atom. The molecule has 35 heavy (non-hydrogen) atoms. The van der Waals surface area contributed by atoms with E-state index in [1.54, 1.807) is 17.4 Å². The molecule has 2 N–H and O–H groups in total. The van der Waals surface area contributed by atoms with Gasteiger partial charge in [0.1, 0.15) is 10.8 Å². The van der Waals surface area contributed by atoms with Crippen molar-refractivity contribution in [2.45, 2.75) is 0 Å². The topological polar surface area (TPSA) is 48.4 Å². The monoisotopic (exact) mass is 471 g/mol. The van der Waals surface area contributed by atoms with E-state index in [2.05, 4.69) is 72.2 Å². The van der Waals surface area contributed by atoms with Crippen LogP contribution in [0.5, 0.6) is 5.75 Å². The van der Waals surface area contributed by atoms with Crippen molar-refractivity contribution in [3.63, 3.8) is 0 Å². The summed E-state index contributed by atoms with van der Waals surface area (Å²) in [6, 6.07) is 35.1. The zero-order chi connectivity index (χ0) is 23.4. The fourth-order valence-electron chi connectivity index (χ4n) is 5.02. The molecule has 0 saturated heterocycles. The minimum Gasteiger partial charge on any atom is -0.506 e. The molecule has 1 aliphatic heterocycles. The highest BCUT2D eigenvalue weighted by Crippen LogP contribution is 2.42. The van der Waals surface area contributed by atoms with Gasteiger partial charge in [-0.1, -0.05) is 72.8 Å². The quantitative estimate of drug-likeness (QED) is 0.268. The molecule has 0 spiro atoms. The maximum atomic E-state index is 10.6. The average Bonchev–Trinajstić information content (AvgIpc) is 3.52. The minimum absolute atomic E-state index is 0.243. The molecule has 0 saturated carbocycles. The molecule has 0 aliphatic carbocycles. The van der Waals surface area contributed by atoms with Crippen LogP contribution >= 0.6 is 11.3 Å². The predicted octanol–water partition coefficient (Wildman–Crippen LogP) is 7.20. The third kappa shape index (κ3) is 3.24. The van der Waals surface area contributed by atoms with E-state index in [0.717, 1.165) is 26.6 Å². The second kappa shape index (κ2) is 7.86. The van der Waals surface area contributed by atoms with E-state index in [4.69, 9.17) is 4.98 Å². The summed E-state index contributed by atoms with van der Waals surface area (Å²) in [5.74, 6) is 0.243. The third-order valence-corrected chi connectivity index (χ3v) is 7.67. The van der Waals surface area contributed by atoms with Gasteiger partial charge in [-0.3, -0.25) is 10.4 Å². The van der Waals surface area contributed by atoms with E-state index < -0.39 is 0 Å². The zero-order valence-corrected chi connectivity index (χ0v) is 19.6. The number of aromatic nitrogens is 1. The second-order valence-corrected chi connectivity index (χ2v) is 9.75. The molecule has 1 aliphatic rings. The van der Waals surface area contributed by atoms with Crippen LogP contribution in [0.4, 0.5) is 5.69 Å². The number of para-hydroxylation sites is 3. The van der Waals surface area contributed by atoms with Gasteiger partial charge >= 0.3 is 0 Å². The number of aromatic hydroxyl groups is 1. The van der Waals surface area contributed by atoms with Crippen molar-refractivity contribution in [1.82, 2.24) is 10.4 Å². The van der Waals surface area contributed by atoms with Crippen molar-refractivity contribution in [2.24, 2.45) is 0 Å². The molecular weight excluding hydrogens is 450 g/mol. The summed E-state index contributed by atoms with van der Waals surface area (Å²) in [4.78, 5) is 4.99. The second-order valence-electron chi connectivity index (χ2n) is 8.72. The maximum absolute atomic E-state index is 10.6. The Morgan fingerprint density at radius 3 is 2.17 bits per heavy atom. The molecule has 6 aromatic rings. The minimum atomic E-state index is 0.243. The van der Waals surface area contributed by atoms with Crippen LogP contribution < -0.4 is 10.4 Å². The van der Waals surface area contributed by atoms with Gasteiger partial charge in [0.05, 0.1) is 28.1 Å². The van der Waals surface area contributed by atoms with Gasteiger partial charge in [0.15, 0.2) is 0 Å². The largest absolute Gasteiger partial charge is 0.506 e. The number of hydrogen-bond acceptors (Lipinski definition) is 5. The molecule has 7 rings (SSSR count). The number of nitrogens with one attached hydrogen (secondary N) is 1. The highest BCUT2D eigenvalue weighted by atomic mass is 32.1. The van der Waals surface area contributed by atoms with E-state index in [1.165, 1.54) is 32.7 Å². The van der Waals surface area contributed by atoms with Gasteiger partial charge in [-0.2, -0.15) is 0 Å². The summed E-state index contributed by atoms with van der Waals surface area (Å²) < 4.78 is 1.15. The Labute approximate surface area is 206 Å². The van der Waals surface area contributed by atoms with Crippen molar-refractivity contribution in [3.8, 4) is 5.75 Å². The van der Waals surface area contributed by atoms with Crippen molar-refractivity contribution < 1.29 is 5.11 Å². The van der Waals surface area contributed by atoms with Crippen LogP contribution in [0.3, 0.4) is 0 Å². The zero-order valence-electron chi connectivity index (χ0n) is 18.8. The van der Waals surface area contributed by atoms with Crippen LogP contribution in [0.2, 0.25) is 0 Å². The van der Waals surface area contributed by atoms with Crippen molar-refractivity contribution >= 4 is 60.1 Å². The first-order valence-electron chi connectivity index (χ1n) is 11.6. The molecule has 0 fully saturated rings. The van der Waals surface area contributed by atoms with Gasteiger partial charge in [0, 0.05) is 5.57 Å². The average molecular weight is 472 g/mol. The normalized spacial score (nSPS) is 13.8. The van der Waals surface area contributed by atoms with Crippen molar-refractivity contribution in [2.75, 3.05) is 11.6 Å². The number of anilines is 1. The molecule has 0 radical (unpaired) electrons. The van der Waals surface area contributed by atoms with Gasteiger partial charge in [-0.05, 0) is 57.4 Å². The molecule has 1 aromatic heterocycles. The highest BCUT2D eigenvalue weighted by molar-refractivity contribution is 7.19. The van der Waals surface area contributed by atoms with E-state index in [-0.39, 0.29) is 5.75 Å². The number of benzene rings is 5. The summed E-state index contributed by atoms with van der Waals surface area (Å²) in [7, 11) is 0. The van der Waals surface area contributed by atoms with Crippen LogP contribution in [0.15, 0.2) is 103 Å². The number of fused-ring (bicyclic) bond motifs is 3. The first-order chi connectivity index (χ1) is 17.3. The van der Waals surface area contributed by atoms with Gasteiger partial charge in [-0.15, -0.1) is 11.3 Å². The molecule has 0 amide bonds. The number of thiazole rings is 1. The summed E-state index contributed by atoms with van der Waals surface area (Å²) in [5.41, 5.74) is 8.69. The predicted molar refractivity (Wildman–Crippen MR) is 146 cm³/mol. The summed E-state index contributed by atoms with van der Waals surface area (Å²) in [5, 5.41) is 18.4. The molecule has 0 atom stereocenters. The van der Waals surface area contributed by atoms with Crippen LogP contribution in [0, 0.1) is 0 Å². The highest BCUT2D eigenvalue weighted by Gasteiger charge is 2.29. The Morgan fingerprint density at radius 2 is 1.43 bits per heavy atom. The first-order valence-corrected chi connectivity index (χ1v) is 12.4. The molecule has 0 unspecified atom stereocenters. The van der Waals surface area contributed by atoms with E-state index >= 15 is 0 Å². The Hall–Kier alpha value is -4.35. The fourth-order valence-corrected chi connectivity index (χ4v) is 6.00. The Balaban J connectivity index is 1.52. The number of phenols is 1.